The van der Waals surface area contributed by atoms with Crippen molar-refractivity contribution in [2.45, 2.75) is 13.5 Å². The van der Waals surface area contributed by atoms with Gasteiger partial charge in [0.25, 0.3) is 0 Å². The average molecular weight is 324 g/mol. The van der Waals surface area contributed by atoms with Crippen molar-refractivity contribution in [1.82, 2.24) is 15.1 Å². The molecule has 0 saturated heterocycles. The topological polar surface area (TPSA) is 40.1 Å². The maximum absolute atomic E-state index is 13.0. The predicted octanol–water partition coefficient (Wildman–Crippen LogP) is 1.80. The maximum Gasteiger partial charge on any atom is 0.194 e. The van der Waals surface area contributed by atoms with E-state index in [2.05, 4.69) is 22.3 Å². The standard InChI is InChI=1S/C17H29FN4O/c1-5-19-17(20-10-11-21(2)12-13-23-4)22(3)14-15-6-8-16(18)9-7-15/h6-9H,5,10-14H2,1-4H3,(H,19,20). The summed E-state index contributed by atoms with van der Waals surface area (Å²) in [5, 5.41) is 3.29. The molecule has 0 fully saturated rings. The lowest BCUT2D eigenvalue weighted by Gasteiger charge is -2.23. The molecule has 1 aromatic rings. The van der Waals surface area contributed by atoms with E-state index in [4.69, 9.17) is 4.74 Å². The van der Waals surface area contributed by atoms with Gasteiger partial charge in [-0.05, 0) is 31.7 Å². The molecule has 0 aromatic heterocycles. The third-order valence-electron chi connectivity index (χ3n) is 3.45. The Balaban J connectivity index is 2.54. The number of hydrogen-bond acceptors (Lipinski definition) is 3. The minimum atomic E-state index is -0.212. The van der Waals surface area contributed by atoms with Crippen molar-refractivity contribution in [2.75, 3.05) is 54.0 Å². The van der Waals surface area contributed by atoms with Crippen LogP contribution in [0.25, 0.3) is 0 Å². The number of halogens is 1. The van der Waals surface area contributed by atoms with Crippen molar-refractivity contribution in [3.05, 3.63) is 35.6 Å². The molecule has 0 amide bonds. The SMILES string of the molecule is CCNC(=NCCN(C)CCOC)N(C)Cc1ccc(F)cc1. The van der Waals surface area contributed by atoms with Crippen LogP contribution < -0.4 is 5.32 Å². The number of nitrogens with one attached hydrogen (secondary N) is 1. The van der Waals surface area contributed by atoms with E-state index in [1.807, 2.05) is 18.9 Å². The Hall–Kier alpha value is -1.66. The number of rotatable bonds is 9. The second-order valence-corrected chi connectivity index (χ2v) is 5.51. The van der Waals surface area contributed by atoms with E-state index in [1.54, 1.807) is 19.2 Å². The van der Waals surface area contributed by atoms with Crippen molar-refractivity contribution < 1.29 is 9.13 Å². The first-order valence-corrected chi connectivity index (χ1v) is 7.98. The summed E-state index contributed by atoms with van der Waals surface area (Å²) < 4.78 is 18.0. The number of likely N-dealkylation sites (N-methyl/N-ethyl adjacent to an activating group) is 1. The molecule has 0 radical (unpaired) electrons. The molecule has 0 aliphatic rings. The number of methoxy groups -OCH3 is 1. The molecule has 0 spiro atoms. The van der Waals surface area contributed by atoms with Crippen molar-refractivity contribution in [2.24, 2.45) is 4.99 Å². The second kappa shape index (κ2) is 11.0. The fourth-order valence-electron chi connectivity index (χ4n) is 2.09. The number of nitrogens with zero attached hydrogens (tertiary/aromatic N) is 3. The molecule has 0 atom stereocenters. The first-order valence-electron chi connectivity index (χ1n) is 7.98. The van der Waals surface area contributed by atoms with Gasteiger partial charge in [-0.15, -0.1) is 0 Å². The van der Waals surface area contributed by atoms with Crippen LogP contribution in [0.2, 0.25) is 0 Å². The van der Waals surface area contributed by atoms with Gasteiger partial charge in [0.1, 0.15) is 5.82 Å². The molecule has 1 aromatic carbocycles. The summed E-state index contributed by atoms with van der Waals surface area (Å²) in [6.45, 7) is 6.77. The lowest BCUT2D eigenvalue weighted by molar-refractivity contribution is 0.163. The summed E-state index contributed by atoms with van der Waals surface area (Å²) in [7, 11) is 5.75. The molecule has 23 heavy (non-hydrogen) atoms. The number of hydrogen-bond donors (Lipinski definition) is 1. The summed E-state index contributed by atoms with van der Waals surface area (Å²) >= 11 is 0. The molecule has 0 saturated carbocycles. The highest BCUT2D eigenvalue weighted by atomic mass is 19.1. The van der Waals surface area contributed by atoms with Crippen molar-refractivity contribution in [3.63, 3.8) is 0 Å². The molecule has 0 bridgehead atoms. The predicted molar refractivity (Wildman–Crippen MR) is 93.2 cm³/mol. The van der Waals surface area contributed by atoms with E-state index in [-0.39, 0.29) is 5.82 Å². The van der Waals surface area contributed by atoms with Crippen LogP contribution in [-0.4, -0.2) is 69.8 Å². The Morgan fingerprint density at radius 2 is 1.91 bits per heavy atom. The van der Waals surface area contributed by atoms with Crippen LogP contribution in [0.4, 0.5) is 4.39 Å². The van der Waals surface area contributed by atoms with Gasteiger partial charge in [0.05, 0.1) is 13.2 Å². The third kappa shape index (κ3) is 7.95. The monoisotopic (exact) mass is 324 g/mol. The van der Waals surface area contributed by atoms with Crippen LogP contribution in [-0.2, 0) is 11.3 Å². The molecule has 0 aliphatic heterocycles. The molecule has 130 valence electrons. The summed E-state index contributed by atoms with van der Waals surface area (Å²) in [4.78, 5) is 8.89. The average Bonchev–Trinajstić information content (AvgIpc) is 2.54. The van der Waals surface area contributed by atoms with Gasteiger partial charge < -0.3 is 19.9 Å². The van der Waals surface area contributed by atoms with Crippen molar-refractivity contribution in [1.29, 1.82) is 0 Å². The minimum Gasteiger partial charge on any atom is -0.383 e. The van der Waals surface area contributed by atoms with E-state index < -0.39 is 0 Å². The highest BCUT2D eigenvalue weighted by Gasteiger charge is 2.07. The maximum atomic E-state index is 13.0. The molecule has 0 aliphatic carbocycles. The van der Waals surface area contributed by atoms with E-state index in [1.165, 1.54) is 12.1 Å². The van der Waals surface area contributed by atoms with Gasteiger partial charge in [0.2, 0.25) is 0 Å². The Bertz CT molecular complexity index is 464. The van der Waals surface area contributed by atoms with Crippen LogP contribution in [0.3, 0.4) is 0 Å². The summed E-state index contributed by atoms with van der Waals surface area (Å²) in [6, 6.07) is 6.57. The van der Waals surface area contributed by atoms with Crippen LogP contribution in [0.15, 0.2) is 29.3 Å². The summed E-state index contributed by atoms with van der Waals surface area (Å²) in [5.41, 5.74) is 1.05. The van der Waals surface area contributed by atoms with Gasteiger partial charge in [-0.1, -0.05) is 12.1 Å². The molecule has 1 N–H and O–H groups in total. The fraction of sp³-hybridized carbons (Fsp3) is 0.588. The van der Waals surface area contributed by atoms with Crippen molar-refractivity contribution in [3.8, 4) is 0 Å². The Morgan fingerprint density at radius 3 is 2.52 bits per heavy atom. The normalized spacial score (nSPS) is 11.8. The van der Waals surface area contributed by atoms with Gasteiger partial charge in [-0.2, -0.15) is 0 Å². The molecule has 1 rings (SSSR count). The zero-order chi connectivity index (χ0) is 17.1. The van der Waals surface area contributed by atoms with Gasteiger partial charge >= 0.3 is 0 Å². The number of ether oxygens (including phenoxy) is 1. The Morgan fingerprint density at radius 1 is 1.22 bits per heavy atom. The van der Waals surface area contributed by atoms with Crippen LogP contribution in [0.1, 0.15) is 12.5 Å². The van der Waals surface area contributed by atoms with Gasteiger partial charge in [-0.3, -0.25) is 4.99 Å². The number of guanidine groups is 1. The Kier molecular flexibility index (Phi) is 9.24. The smallest absolute Gasteiger partial charge is 0.194 e. The minimum absolute atomic E-state index is 0.212. The molecular formula is C17H29FN4O. The molecule has 0 unspecified atom stereocenters. The molecule has 5 nitrogen and oxygen atoms in total. The molecule has 6 heteroatoms. The highest BCUT2D eigenvalue weighted by molar-refractivity contribution is 5.79. The highest BCUT2D eigenvalue weighted by Crippen LogP contribution is 2.05. The zero-order valence-corrected chi connectivity index (χ0v) is 14.7. The van der Waals surface area contributed by atoms with E-state index in [0.717, 1.165) is 44.3 Å². The van der Waals surface area contributed by atoms with E-state index in [0.29, 0.717) is 6.54 Å². The quantitative estimate of drug-likeness (QED) is 0.555. The van der Waals surface area contributed by atoms with Gasteiger partial charge in [0.15, 0.2) is 5.96 Å². The van der Waals surface area contributed by atoms with Crippen LogP contribution in [0, 0.1) is 5.82 Å². The van der Waals surface area contributed by atoms with E-state index in [9.17, 15) is 4.39 Å². The lowest BCUT2D eigenvalue weighted by Crippen LogP contribution is -2.39. The van der Waals surface area contributed by atoms with Crippen molar-refractivity contribution >= 4 is 5.96 Å². The zero-order valence-electron chi connectivity index (χ0n) is 14.7. The number of benzene rings is 1. The lowest BCUT2D eigenvalue weighted by atomic mass is 10.2. The van der Waals surface area contributed by atoms with Crippen LogP contribution >= 0.6 is 0 Å². The third-order valence-corrected chi connectivity index (χ3v) is 3.45. The Labute approximate surface area is 139 Å². The summed E-state index contributed by atoms with van der Waals surface area (Å²) in [6.07, 6.45) is 0. The molecule has 0 heterocycles. The first kappa shape index (κ1) is 19.4. The first-order chi connectivity index (χ1) is 11.1. The molecular weight excluding hydrogens is 295 g/mol. The number of aliphatic imine (C=N–C) groups is 1. The van der Waals surface area contributed by atoms with Crippen LogP contribution in [0.5, 0.6) is 0 Å². The summed E-state index contributed by atoms with van der Waals surface area (Å²) in [5.74, 6) is 0.646. The fourth-order valence-corrected chi connectivity index (χ4v) is 2.09. The van der Waals surface area contributed by atoms with E-state index >= 15 is 0 Å². The largest absolute Gasteiger partial charge is 0.383 e. The second-order valence-electron chi connectivity index (χ2n) is 5.51. The van der Waals surface area contributed by atoms with Gasteiger partial charge in [-0.25, -0.2) is 4.39 Å². The van der Waals surface area contributed by atoms with Gasteiger partial charge in [0, 0.05) is 40.3 Å².